The molecule has 3 rings (SSSR count). The van der Waals surface area contributed by atoms with E-state index in [1.165, 1.54) is 25.8 Å². The van der Waals surface area contributed by atoms with E-state index in [-0.39, 0.29) is 0 Å². The number of fused-ring (bicyclic) bond motifs is 1. The van der Waals surface area contributed by atoms with Crippen LogP contribution in [0.25, 0.3) is 0 Å². The molecule has 1 amide bonds. The van der Waals surface area contributed by atoms with Gasteiger partial charge in [-0.2, -0.15) is 0 Å². The van der Waals surface area contributed by atoms with E-state index in [4.69, 9.17) is 11.5 Å². The molecule has 0 aliphatic carbocycles. The maximum Gasteiger partial charge on any atom is 0.250 e. The number of primary amides is 1. The van der Waals surface area contributed by atoms with Crippen LogP contribution in [-0.2, 0) is 0 Å². The van der Waals surface area contributed by atoms with Crippen LogP contribution in [0, 0.1) is 0 Å². The number of carbonyl (C=O) groups is 1. The van der Waals surface area contributed by atoms with Crippen molar-refractivity contribution < 1.29 is 4.79 Å². The molecule has 0 spiro atoms. The van der Waals surface area contributed by atoms with Crippen LogP contribution >= 0.6 is 0 Å². The average Bonchev–Trinajstić information content (AvgIpc) is 2.46. The summed E-state index contributed by atoms with van der Waals surface area (Å²) in [4.78, 5) is 16.4. The molecule has 0 radical (unpaired) electrons. The fourth-order valence-electron chi connectivity index (χ4n) is 3.47. The number of carbonyl (C=O) groups excluding carboxylic acids is 1. The van der Waals surface area contributed by atoms with Gasteiger partial charge in [0, 0.05) is 25.7 Å². The fraction of sp³-hybridized carbons (Fsp3) is 0.533. The summed E-state index contributed by atoms with van der Waals surface area (Å²) in [5.41, 5.74) is 13.6. The normalized spacial score (nSPS) is 23.4. The van der Waals surface area contributed by atoms with Gasteiger partial charge >= 0.3 is 0 Å². The number of para-hydroxylation sites is 1. The highest BCUT2D eigenvalue weighted by Gasteiger charge is 2.30. The first kappa shape index (κ1) is 13.2. The Morgan fingerprint density at radius 2 is 2.05 bits per heavy atom. The summed E-state index contributed by atoms with van der Waals surface area (Å²) in [6.45, 7) is 4.09. The molecule has 1 aromatic rings. The number of piperidine rings is 1. The van der Waals surface area contributed by atoms with Gasteiger partial charge in [-0.05, 0) is 31.5 Å². The van der Waals surface area contributed by atoms with E-state index in [2.05, 4.69) is 9.80 Å². The van der Waals surface area contributed by atoms with Crippen LogP contribution in [0.2, 0.25) is 0 Å². The van der Waals surface area contributed by atoms with E-state index >= 15 is 0 Å². The second-order valence-electron chi connectivity index (χ2n) is 5.74. The second kappa shape index (κ2) is 5.32. The minimum absolute atomic E-state index is 0.404. The number of nitrogens with zero attached hydrogens (tertiary/aromatic N) is 2. The first-order valence-corrected chi connectivity index (χ1v) is 7.34. The molecule has 1 unspecified atom stereocenters. The summed E-state index contributed by atoms with van der Waals surface area (Å²) in [7, 11) is 0. The number of rotatable bonds is 2. The highest BCUT2D eigenvalue weighted by atomic mass is 16.1. The molecule has 1 aromatic carbocycles. The highest BCUT2D eigenvalue weighted by molar-refractivity contribution is 6.01. The minimum atomic E-state index is -0.404. The highest BCUT2D eigenvalue weighted by Crippen LogP contribution is 2.31. The van der Waals surface area contributed by atoms with Crippen molar-refractivity contribution in [2.45, 2.75) is 25.3 Å². The molecule has 108 valence electrons. The van der Waals surface area contributed by atoms with Crippen LogP contribution in [0.1, 0.15) is 29.6 Å². The molecule has 0 bridgehead atoms. The fourth-order valence-corrected chi connectivity index (χ4v) is 3.47. The third kappa shape index (κ3) is 2.33. The zero-order valence-corrected chi connectivity index (χ0v) is 11.7. The first-order valence-electron chi connectivity index (χ1n) is 7.34. The Morgan fingerprint density at radius 3 is 2.85 bits per heavy atom. The van der Waals surface area contributed by atoms with Gasteiger partial charge in [0.05, 0.1) is 16.9 Å². The average molecular weight is 274 g/mol. The van der Waals surface area contributed by atoms with Crippen molar-refractivity contribution >= 4 is 17.3 Å². The minimum Gasteiger partial charge on any atom is -0.397 e. The summed E-state index contributed by atoms with van der Waals surface area (Å²) in [6, 6.07) is 5.98. The van der Waals surface area contributed by atoms with Gasteiger partial charge in [0.1, 0.15) is 0 Å². The third-order valence-electron chi connectivity index (χ3n) is 4.49. The summed E-state index contributed by atoms with van der Waals surface area (Å²) in [5, 5.41) is 0. The lowest BCUT2D eigenvalue weighted by molar-refractivity contribution is 0.0999. The molecule has 2 fully saturated rings. The lowest BCUT2D eigenvalue weighted by Gasteiger charge is -2.45. The molecule has 4 N–H and O–H groups in total. The molecule has 1 atom stereocenters. The number of anilines is 2. The standard InChI is InChI=1S/C15H22N4O/c16-13-6-3-5-12(15(17)20)14(13)19-9-8-18-7-2-1-4-11(18)10-19/h3,5-6,11H,1-2,4,7-10,16H2,(H2,17,20). The Labute approximate surface area is 119 Å². The number of benzene rings is 1. The van der Waals surface area contributed by atoms with E-state index in [1.807, 2.05) is 6.07 Å². The SMILES string of the molecule is NC(=O)c1cccc(N)c1N1CCN2CCCCC2C1. The lowest BCUT2D eigenvalue weighted by Crippen LogP contribution is -2.55. The van der Waals surface area contributed by atoms with Crippen molar-refractivity contribution in [1.29, 1.82) is 0 Å². The van der Waals surface area contributed by atoms with E-state index in [1.54, 1.807) is 12.1 Å². The molecule has 5 heteroatoms. The maximum absolute atomic E-state index is 11.6. The smallest absolute Gasteiger partial charge is 0.250 e. The Kier molecular flexibility index (Phi) is 3.53. The van der Waals surface area contributed by atoms with Crippen LogP contribution < -0.4 is 16.4 Å². The van der Waals surface area contributed by atoms with Crippen LogP contribution in [0.5, 0.6) is 0 Å². The number of piperazine rings is 1. The van der Waals surface area contributed by atoms with Crippen molar-refractivity contribution in [3.05, 3.63) is 23.8 Å². The first-order chi connectivity index (χ1) is 9.66. The van der Waals surface area contributed by atoms with Crippen LogP contribution in [0.4, 0.5) is 11.4 Å². The Hall–Kier alpha value is -1.75. The molecule has 2 saturated heterocycles. The van der Waals surface area contributed by atoms with Crippen LogP contribution in [0.15, 0.2) is 18.2 Å². The topological polar surface area (TPSA) is 75.6 Å². The second-order valence-corrected chi connectivity index (χ2v) is 5.74. The van der Waals surface area contributed by atoms with Gasteiger partial charge < -0.3 is 16.4 Å². The van der Waals surface area contributed by atoms with Crippen molar-refractivity contribution in [3.8, 4) is 0 Å². The maximum atomic E-state index is 11.6. The summed E-state index contributed by atoms with van der Waals surface area (Å²) >= 11 is 0. The largest absolute Gasteiger partial charge is 0.397 e. The lowest BCUT2D eigenvalue weighted by atomic mass is 9.98. The predicted octanol–water partition coefficient (Wildman–Crippen LogP) is 1.04. The van der Waals surface area contributed by atoms with Crippen LogP contribution in [-0.4, -0.2) is 43.0 Å². The van der Waals surface area contributed by atoms with E-state index in [9.17, 15) is 4.79 Å². The van der Waals surface area contributed by atoms with Gasteiger partial charge in [-0.1, -0.05) is 12.5 Å². The van der Waals surface area contributed by atoms with Gasteiger partial charge in [-0.25, -0.2) is 0 Å². The van der Waals surface area contributed by atoms with E-state index in [0.717, 1.165) is 25.3 Å². The van der Waals surface area contributed by atoms with Gasteiger partial charge in [-0.15, -0.1) is 0 Å². The number of amides is 1. The monoisotopic (exact) mass is 274 g/mol. The number of nitrogens with two attached hydrogens (primary N) is 2. The summed E-state index contributed by atoms with van der Waals surface area (Å²) in [6.07, 6.45) is 3.83. The number of hydrogen-bond acceptors (Lipinski definition) is 4. The molecular formula is C15H22N4O. The zero-order chi connectivity index (χ0) is 14.1. The number of nitrogen functional groups attached to an aromatic ring is 1. The van der Waals surface area contributed by atoms with Gasteiger partial charge in [0.15, 0.2) is 0 Å². The molecule has 5 nitrogen and oxygen atoms in total. The third-order valence-corrected chi connectivity index (χ3v) is 4.49. The molecule has 0 saturated carbocycles. The number of hydrogen-bond donors (Lipinski definition) is 2. The Bertz CT molecular complexity index is 517. The van der Waals surface area contributed by atoms with Gasteiger partial charge in [-0.3, -0.25) is 9.69 Å². The van der Waals surface area contributed by atoms with E-state index < -0.39 is 5.91 Å². The van der Waals surface area contributed by atoms with Gasteiger partial charge in [0.25, 0.3) is 5.91 Å². The van der Waals surface area contributed by atoms with E-state index in [0.29, 0.717) is 17.3 Å². The van der Waals surface area contributed by atoms with Crippen molar-refractivity contribution in [3.63, 3.8) is 0 Å². The predicted molar refractivity (Wildman–Crippen MR) is 80.8 cm³/mol. The molecule has 2 heterocycles. The molecule has 20 heavy (non-hydrogen) atoms. The molecule has 2 aliphatic rings. The van der Waals surface area contributed by atoms with Gasteiger partial charge in [0.2, 0.25) is 0 Å². The summed E-state index contributed by atoms with van der Waals surface area (Å²) < 4.78 is 0. The summed E-state index contributed by atoms with van der Waals surface area (Å²) in [5.74, 6) is -0.404. The molecule has 0 aromatic heterocycles. The zero-order valence-electron chi connectivity index (χ0n) is 11.7. The Morgan fingerprint density at radius 1 is 1.20 bits per heavy atom. The molecule has 2 aliphatic heterocycles. The molecular weight excluding hydrogens is 252 g/mol. The van der Waals surface area contributed by atoms with Crippen molar-refractivity contribution in [2.75, 3.05) is 36.8 Å². The van der Waals surface area contributed by atoms with Crippen LogP contribution in [0.3, 0.4) is 0 Å². The van der Waals surface area contributed by atoms with Crippen molar-refractivity contribution in [2.24, 2.45) is 5.73 Å². The quantitative estimate of drug-likeness (QED) is 0.790. The van der Waals surface area contributed by atoms with Crippen molar-refractivity contribution in [1.82, 2.24) is 4.90 Å². The Balaban J connectivity index is 1.88.